The van der Waals surface area contributed by atoms with Gasteiger partial charge in [0.2, 0.25) is 5.91 Å². The molecule has 0 aromatic heterocycles. The van der Waals surface area contributed by atoms with Gasteiger partial charge in [-0.2, -0.15) is 0 Å². The third-order valence-electron chi connectivity index (χ3n) is 5.23. The van der Waals surface area contributed by atoms with Crippen molar-refractivity contribution in [3.05, 3.63) is 0 Å². The number of ether oxygens (including phenoxy) is 1. The molecule has 3 rings (SSSR count). The molecule has 19 heavy (non-hydrogen) atoms. The van der Waals surface area contributed by atoms with Crippen LogP contribution in [0.25, 0.3) is 0 Å². The van der Waals surface area contributed by atoms with Crippen LogP contribution in [0.1, 0.15) is 39.0 Å². The van der Waals surface area contributed by atoms with E-state index in [4.69, 9.17) is 4.74 Å². The maximum Gasteiger partial charge on any atom is 0.228 e. The Morgan fingerprint density at radius 2 is 2.21 bits per heavy atom. The summed E-state index contributed by atoms with van der Waals surface area (Å²) in [6.45, 7) is 6.93. The Morgan fingerprint density at radius 3 is 2.89 bits per heavy atom. The Morgan fingerprint density at radius 1 is 1.37 bits per heavy atom. The minimum atomic E-state index is 0.103. The molecule has 3 saturated heterocycles. The Hall–Kier alpha value is -0.610. The molecule has 0 bridgehead atoms. The predicted molar refractivity (Wildman–Crippen MR) is 73.9 cm³/mol. The number of nitrogens with zero attached hydrogens (tertiary/aromatic N) is 1. The Labute approximate surface area is 115 Å². The highest BCUT2D eigenvalue weighted by molar-refractivity contribution is 5.79. The van der Waals surface area contributed by atoms with Crippen molar-refractivity contribution in [3.63, 3.8) is 0 Å². The molecule has 3 fully saturated rings. The van der Waals surface area contributed by atoms with E-state index in [-0.39, 0.29) is 12.0 Å². The summed E-state index contributed by atoms with van der Waals surface area (Å²) in [7, 11) is 0. The SMILES string of the molecule is CC1OCCC1C(=O)N1CCCC2(CCCNC2)C1. The topological polar surface area (TPSA) is 41.6 Å². The van der Waals surface area contributed by atoms with E-state index in [1.165, 1.54) is 19.3 Å². The van der Waals surface area contributed by atoms with E-state index >= 15 is 0 Å². The highest BCUT2D eigenvalue weighted by Gasteiger charge is 2.41. The fourth-order valence-electron chi connectivity index (χ4n) is 4.07. The van der Waals surface area contributed by atoms with E-state index in [1.807, 2.05) is 6.92 Å². The van der Waals surface area contributed by atoms with Gasteiger partial charge < -0.3 is 15.0 Å². The van der Waals surface area contributed by atoms with Gasteiger partial charge in [-0.25, -0.2) is 0 Å². The summed E-state index contributed by atoms with van der Waals surface area (Å²) < 4.78 is 5.55. The van der Waals surface area contributed by atoms with Crippen molar-refractivity contribution in [2.24, 2.45) is 11.3 Å². The van der Waals surface area contributed by atoms with Gasteiger partial charge in [0.05, 0.1) is 12.0 Å². The number of hydrogen-bond acceptors (Lipinski definition) is 3. The van der Waals surface area contributed by atoms with Gasteiger partial charge in [-0.05, 0) is 45.6 Å². The van der Waals surface area contributed by atoms with Gasteiger partial charge in [0, 0.05) is 31.7 Å². The van der Waals surface area contributed by atoms with Crippen molar-refractivity contribution in [3.8, 4) is 0 Å². The van der Waals surface area contributed by atoms with E-state index in [0.717, 1.165) is 45.6 Å². The zero-order valence-corrected chi connectivity index (χ0v) is 12.0. The number of rotatable bonds is 1. The Balaban J connectivity index is 1.65. The second-order valence-corrected chi connectivity index (χ2v) is 6.61. The van der Waals surface area contributed by atoms with Crippen LogP contribution < -0.4 is 5.32 Å². The lowest BCUT2D eigenvalue weighted by Crippen LogP contribution is -2.54. The lowest BCUT2D eigenvalue weighted by Gasteiger charge is -2.46. The van der Waals surface area contributed by atoms with Crippen LogP contribution >= 0.6 is 0 Å². The van der Waals surface area contributed by atoms with Crippen LogP contribution in [0.15, 0.2) is 0 Å². The molecule has 4 nitrogen and oxygen atoms in total. The first-order chi connectivity index (χ1) is 9.20. The van der Waals surface area contributed by atoms with Crippen LogP contribution in [-0.4, -0.2) is 49.7 Å². The minimum Gasteiger partial charge on any atom is -0.378 e. The number of carbonyl (C=O) groups is 1. The predicted octanol–water partition coefficient (Wildman–Crippen LogP) is 1.40. The van der Waals surface area contributed by atoms with Crippen molar-refractivity contribution in [1.82, 2.24) is 10.2 Å². The molecular weight excluding hydrogens is 240 g/mol. The van der Waals surface area contributed by atoms with Crippen molar-refractivity contribution in [1.29, 1.82) is 0 Å². The van der Waals surface area contributed by atoms with E-state index in [9.17, 15) is 4.79 Å². The maximum absolute atomic E-state index is 12.7. The molecule has 0 saturated carbocycles. The fraction of sp³-hybridized carbons (Fsp3) is 0.933. The first-order valence-electron chi connectivity index (χ1n) is 7.81. The molecule has 3 aliphatic rings. The first-order valence-corrected chi connectivity index (χ1v) is 7.81. The van der Waals surface area contributed by atoms with Crippen LogP contribution in [0.4, 0.5) is 0 Å². The average molecular weight is 266 g/mol. The zero-order valence-electron chi connectivity index (χ0n) is 12.0. The monoisotopic (exact) mass is 266 g/mol. The molecule has 0 aromatic rings. The molecule has 0 aromatic carbocycles. The van der Waals surface area contributed by atoms with E-state index in [1.54, 1.807) is 0 Å². The third-order valence-corrected chi connectivity index (χ3v) is 5.23. The summed E-state index contributed by atoms with van der Waals surface area (Å²) in [5.41, 5.74) is 0.356. The molecule has 3 heterocycles. The summed E-state index contributed by atoms with van der Waals surface area (Å²) in [5, 5.41) is 3.52. The molecule has 1 N–H and O–H groups in total. The largest absolute Gasteiger partial charge is 0.378 e. The Bertz CT molecular complexity index is 334. The third kappa shape index (κ3) is 2.65. The number of carbonyl (C=O) groups excluding carboxylic acids is 1. The quantitative estimate of drug-likeness (QED) is 0.780. The van der Waals surface area contributed by atoms with E-state index in [2.05, 4.69) is 10.2 Å². The molecule has 1 amide bonds. The number of nitrogens with one attached hydrogen (secondary N) is 1. The molecule has 0 aliphatic carbocycles. The van der Waals surface area contributed by atoms with Crippen LogP contribution in [0, 0.1) is 11.3 Å². The smallest absolute Gasteiger partial charge is 0.228 e. The van der Waals surface area contributed by atoms with Crippen molar-refractivity contribution in [2.45, 2.75) is 45.1 Å². The van der Waals surface area contributed by atoms with Crippen molar-refractivity contribution in [2.75, 3.05) is 32.8 Å². The highest BCUT2D eigenvalue weighted by atomic mass is 16.5. The van der Waals surface area contributed by atoms with Gasteiger partial charge in [-0.3, -0.25) is 4.79 Å². The fourth-order valence-corrected chi connectivity index (χ4v) is 4.07. The van der Waals surface area contributed by atoms with E-state index in [0.29, 0.717) is 11.3 Å². The van der Waals surface area contributed by atoms with Crippen LogP contribution in [0.3, 0.4) is 0 Å². The summed E-state index contributed by atoms with van der Waals surface area (Å²) in [6.07, 6.45) is 5.98. The van der Waals surface area contributed by atoms with E-state index < -0.39 is 0 Å². The average Bonchev–Trinajstić information content (AvgIpc) is 2.85. The molecular formula is C15H26N2O2. The summed E-state index contributed by atoms with van der Waals surface area (Å²) in [6, 6.07) is 0. The second-order valence-electron chi connectivity index (χ2n) is 6.61. The van der Waals surface area contributed by atoms with Crippen molar-refractivity contribution < 1.29 is 9.53 Å². The Kier molecular flexibility index (Phi) is 3.81. The molecule has 4 heteroatoms. The van der Waals surface area contributed by atoms with Crippen molar-refractivity contribution >= 4 is 5.91 Å². The van der Waals surface area contributed by atoms with Crippen LogP contribution in [-0.2, 0) is 9.53 Å². The first kappa shape index (κ1) is 13.4. The molecule has 1 spiro atoms. The lowest BCUT2D eigenvalue weighted by molar-refractivity contribution is -0.141. The number of piperidine rings is 2. The van der Waals surface area contributed by atoms with Crippen LogP contribution in [0.5, 0.6) is 0 Å². The van der Waals surface area contributed by atoms with Gasteiger partial charge in [0.15, 0.2) is 0 Å². The van der Waals surface area contributed by atoms with Gasteiger partial charge in [-0.15, -0.1) is 0 Å². The molecule has 3 unspecified atom stereocenters. The number of amides is 1. The normalized spacial score (nSPS) is 39.7. The summed E-state index contributed by atoms with van der Waals surface area (Å²) in [4.78, 5) is 14.8. The standard InChI is InChI=1S/C15H26N2O2/c1-12-13(4-9-19-12)14(18)17-8-3-6-15(11-17)5-2-7-16-10-15/h12-13,16H,2-11H2,1H3. The lowest BCUT2D eigenvalue weighted by atomic mass is 9.74. The molecule has 3 aliphatic heterocycles. The second kappa shape index (κ2) is 5.41. The molecule has 108 valence electrons. The van der Waals surface area contributed by atoms with Crippen LogP contribution in [0.2, 0.25) is 0 Å². The molecule has 0 radical (unpaired) electrons. The zero-order chi connectivity index (χ0) is 13.3. The number of likely N-dealkylation sites (tertiary alicyclic amines) is 1. The van der Waals surface area contributed by atoms with Gasteiger partial charge in [0.25, 0.3) is 0 Å². The van der Waals surface area contributed by atoms with Gasteiger partial charge >= 0.3 is 0 Å². The summed E-state index contributed by atoms with van der Waals surface area (Å²) in [5.74, 6) is 0.446. The number of hydrogen-bond donors (Lipinski definition) is 1. The highest BCUT2D eigenvalue weighted by Crippen LogP contribution is 2.37. The van der Waals surface area contributed by atoms with Gasteiger partial charge in [0.1, 0.15) is 0 Å². The van der Waals surface area contributed by atoms with Gasteiger partial charge in [-0.1, -0.05) is 0 Å². The maximum atomic E-state index is 12.7. The minimum absolute atomic E-state index is 0.103. The summed E-state index contributed by atoms with van der Waals surface area (Å²) >= 11 is 0. The molecule has 3 atom stereocenters.